The number of hydrogen-bond donors (Lipinski definition) is 0. The molecule has 3 nitrogen and oxygen atoms in total. The highest BCUT2D eigenvalue weighted by Crippen LogP contribution is 2.31. The van der Waals surface area contributed by atoms with Crippen LogP contribution >= 0.6 is 35.1 Å². The number of aromatic nitrogens is 2. The van der Waals surface area contributed by atoms with Gasteiger partial charge in [0.1, 0.15) is 0 Å². The van der Waals surface area contributed by atoms with Crippen LogP contribution in [-0.2, 0) is 18.7 Å². The summed E-state index contributed by atoms with van der Waals surface area (Å²) in [7, 11) is 0. The summed E-state index contributed by atoms with van der Waals surface area (Å²) in [5, 5.41) is 1.51. The van der Waals surface area contributed by atoms with Crippen molar-refractivity contribution < 1.29 is 0 Å². The third kappa shape index (κ3) is 3.70. The van der Waals surface area contributed by atoms with Gasteiger partial charge in [-0.2, -0.15) is 0 Å². The molecule has 0 unspecified atom stereocenters. The molecule has 6 heteroatoms. The second-order valence-electron chi connectivity index (χ2n) is 6.03. The maximum absolute atomic E-state index is 13.0. The Kier molecular flexibility index (Phi) is 5.38. The van der Waals surface area contributed by atoms with Gasteiger partial charge in [0.05, 0.1) is 17.1 Å². The Morgan fingerprint density at radius 2 is 1.88 bits per heavy atom. The van der Waals surface area contributed by atoms with E-state index in [-0.39, 0.29) is 5.56 Å². The zero-order valence-electron chi connectivity index (χ0n) is 14.0. The lowest BCUT2D eigenvalue weighted by Crippen LogP contribution is -2.25. The van der Waals surface area contributed by atoms with Gasteiger partial charge in [-0.3, -0.25) is 9.36 Å². The second-order valence-corrected chi connectivity index (χ2v) is 8.48. The number of halogens is 1. The van der Waals surface area contributed by atoms with Gasteiger partial charge in [-0.05, 0) is 17.2 Å². The molecule has 0 bridgehead atoms. The summed E-state index contributed by atoms with van der Waals surface area (Å²) in [5.74, 6) is 1.62. The third-order valence-corrected chi connectivity index (χ3v) is 6.75. The number of thioether (sulfide) groups is 2. The molecule has 0 radical (unpaired) electrons. The first-order valence-electron chi connectivity index (χ1n) is 8.39. The molecule has 0 N–H and O–H groups in total. The Bertz CT molecular complexity index is 989. The maximum Gasteiger partial charge on any atom is 0.268 e. The monoisotopic (exact) mass is 400 g/mol. The van der Waals surface area contributed by atoms with Crippen LogP contribution in [-0.4, -0.2) is 15.3 Å². The van der Waals surface area contributed by atoms with Gasteiger partial charge in [-0.1, -0.05) is 71.9 Å². The summed E-state index contributed by atoms with van der Waals surface area (Å²) < 4.78 is 1.80. The summed E-state index contributed by atoms with van der Waals surface area (Å²) in [6.07, 6.45) is 0.862. The van der Waals surface area contributed by atoms with Gasteiger partial charge < -0.3 is 0 Å². The van der Waals surface area contributed by atoms with Crippen molar-refractivity contribution in [2.24, 2.45) is 0 Å². The van der Waals surface area contributed by atoms with Crippen LogP contribution in [0.2, 0.25) is 5.02 Å². The molecule has 132 valence electrons. The fourth-order valence-corrected chi connectivity index (χ4v) is 5.24. The van der Waals surface area contributed by atoms with Crippen LogP contribution in [0.15, 0.2) is 69.4 Å². The lowest BCUT2D eigenvalue weighted by atomic mass is 10.2. The molecule has 1 aliphatic rings. The minimum atomic E-state index is 0.0722. The summed E-state index contributed by atoms with van der Waals surface area (Å²) in [4.78, 5) is 18.7. The Morgan fingerprint density at radius 1 is 1.12 bits per heavy atom. The number of rotatable bonds is 5. The Morgan fingerprint density at radius 3 is 2.69 bits per heavy atom. The number of hydrogen-bond acceptors (Lipinski definition) is 4. The number of fused-ring (bicyclic) bond motifs is 1. The molecule has 26 heavy (non-hydrogen) atoms. The normalized spacial score (nSPS) is 13.0. The zero-order valence-corrected chi connectivity index (χ0v) is 16.4. The Hall–Kier alpha value is -1.69. The fourth-order valence-electron chi connectivity index (χ4n) is 2.90. The van der Waals surface area contributed by atoms with Crippen molar-refractivity contribution in [3.63, 3.8) is 0 Å². The van der Waals surface area contributed by atoms with Crippen LogP contribution in [0.3, 0.4) is 0 Å². The molecule has 4 rings (SSSR count). The first-order valence-corrected chi connectivity index (χ1v) is 10.7. The van der Waals surface area contributed by atoms with E-state index in [0.717, 1.165) is 44.1 Å². The Labute approximate surface area is 165 Å². The first kappa shape index (κ1) is 17.7. The third-order valence-electron chi connectivity index (χ3n) is 4.25. The molecule has 0 aliphatic carbocycles. The molecule has 1 aliphatic heterocycles. The molecule has 0 saturated heterocycles. The minimum Gasteiger partial charge on any atom is -0.282 e. The SMILES string of the molecule is O=c1c2c(nc(SCc3ccccc3Cl)n1Cc1ccccc1)CCS2. The summed E-state index contributed by atoms with van der Waals surface area (Å²) in [6.45, 7) is 0.533. The molecule has 0 saturated carbocycles. The molecule has 2 aromatic carbocycles. The highest BCUT2D eigenvalue weighted by atomic mass is 35.5. The van der Waals surface area contributed by atoms with Gasteiger partial charge >= 0.3 is 0 Å². The van der Waals surface area contributed by atoms with Crippen LogP contribution < -0.4 is 5.56 Å². The van der Waals surface area contributed by atoms with Crippen LogP contribution in [0.5, 0.6) is 0 Å². The summed E-state index contributed by atoms with van der Waals surface area (Å²) in [6, 6.07) is 17.8. The largest absolute Gasteiger partial charge is 0.282 e. The lowest BCUT2D eigenvalue weighted by Gasteiger charge is -2.14. The zero-order chi connectivity index (χ0) is 17.9. The van der Waals surface area contributed by atoms with E-state index in [0.29, 0.717) is 12.3 Å². The van der Waals surface area contributed by atoms with Crippen LogP contribution in [0.25, 0.3) is 0 Å². The second kappa shape index (κ2) is 7.91. The van der Waals surface area contributed by atoms with Crippen LogP contribution in [0, 0.1) is 0 Å². The van der Waals surface area contributed by atoms with Gasteiger partial charge in [0.25, 0.3) is 5.56 Å². The molecule has 1 aromatic heterocycles. The number of benzene rings is 2. The average molecular weight is 401 g/mol. The van der Waals surface area contributed by atoms with Crippen molar-refractivity contribution in [3.05, 3.63) is 86.8 Å². The van der Waals surface area contributed by atoms with Crippen LogP contribution in [0.4, 0.5) is 0 Å². The van der Waals surface area contributed by atoms with Crippen molar-refractivity contribution in [2.45, 2.75) is 28.8 Å². The van der Waals surface area contributed by atoms with Crippen LogP contribution in [0.1, 0.15) is 16.8 Å². The topological polar surface area (TPSA) is 34.9 Å². The van der Waals surface area contributed by atoms with Crippen molar-refractivity contribution in [1.82, 2.24) is 9.55 Å². The molecule has 0 amide bonds. The lowest BCUT2D eigenvalue weighted by molar-refractivity contribution is 0.616. The highest BCUT2D eigenvalue weighted by molar-refractivity contribution is 7.99. The van der Waals surface area contributed by atoms with Crippen molar-refractivity contribution in [1.29, 1.82) is 0 Å². The van der Waals surface area contributed by atoms with E-state index in [1.807, 2.05) is 54.6 Å². The Balaban J connectivity index is 1.69. The van der Waals surface area contributed by atoms with Crippen molar-refractivity contribution >= 4 is 35.1 Å². The minimum absolute atomic E-state index is 0.0722. The molecule has 3 aromatic rings. The molecule has 0 spiro atoms. The van der Waals surface area contributed by atoms with E-state index in [9.17, 15) is 4.79 Å². The predicted molar refractivity (Wildman–Crippen MR) is 109 cm³/mol. The maximum atomic E-state index is 13.0. The summed E-state index contributed by atoms with van der Waals surface area (Å²) in [5.41, 5.74) is 3.16. The number of aryl methyl sites for hydroxylation is 1. The smallest absolute Gasteiger partial charge is 0.268 e. The summed E-state index contributed by atoms with van der Waals surface area (Å²) >= 11 is 9.47. The standard InChI is InChI=1S/C20H17ClN2OS2/c21-16-9-5-4-8-15(16)13-26-20-22-17-10-11-25-18(17)19(24)23(20)12-14-6-2-1-3-7-14/h1-9H,10-13H2. The predicted octanol–water partition coefficient (Wildman–Crippen LogP) is 4.89. The van der Waals surface area contributed by atoms with E-state index in [4.69, 9.17) is 16.6 Å². The number of nitrogens with zero attached hydrogens (tertiary/aromatic N) is 2. The average Bonchev–Trinajstić information content (AvgIpc) is 3.13. The van der Waals surface area contributed by atoms with E-state index >= 15 is 0 Å². The molecule has 2 heterocycles. The van der Waals surface area contributed by atoms with Gasteiger partial charge in [0.2, 0.25) is 0 Å². The highest BCUT2D eigenvalue weighted by Gasteiger charge is 2.22. The van der Waals surface area contributed by atoms with E-state index in [2.05, 4.69) is 0 Å². The van der Waals surface area contributed by atoms with Crippen molar-refractivity contribution in [3.8, 4) is 0 Å². The molecular formula is C20H17ClN2OS2. The van der Waals surface area contributed by atoms with E-state index < -0.39 is 0 Å². The molecule has 0 fully saturated rings. The quantitative estimate of drug-likeness (QED) is 0.451. The van der Waals surface area contributed by atoms with Gasteiger partial charge in [0.15, 0.2) is 5.16 Å². The van der Waals surface area contributed by atoms with Gasteiger partial charge in [0, 0.05) is 22.9 Å². The fraction of sp³-hybridized carbons (Fsp3) is 0.200. The van der Waals surface area contributed by atoms with Crippen molar-refractivity contribution in [2.75, 3.05) is 5.75 Å². The first-order chi connectivity index (χ1) is 12.7. The van der Waals surface area contributed by atoms with Gasteiger partial charge in [-0.25, -0.2) is 4.98 Å². The molecular weight excluding hydrogens is 384 g/mol. The molecule has 0 atom stereocenters. The van der Waals surface area contributed by atoms with Gasteiger partial charge in [-0.15, -0.1) is 11.8 Å². The van der Waals surface area contributed by atoms with E-state index in [1.165, 1.54) is 0 Å². The van der Waals surface area contributed by atoms with E-state index in [1.54, 1.807) is 28.1 Å².